The van der Waals surface area contributed by atoms with Gasteiger partial charge < -0.3 is 4.90 Å². The number of aryl methyl sites for hydroxylation is 1. The van der Waals surface area contributed by atoms with Crippen molar-refractivity contribution in [3.8, 4) is 0 Å². The molecule has 19 heavy (non-hydrogen) atoms. The first-order chi connectivity index (χ1) is 9.22. The fraction of sp³-hybridized carbons (Fsp3) is 0.706. The number of pyridine rings is 1. The normalized spacial score (nSPS) is 22.4. The molecular formula is C17H30N2. The van der Waals surface area contributed by atoms with E-state index in [1.807, 2.05) is 20.0 Å². The molecule has 2 nitrogen and oxygen atoms in total. The second-order valence-corrected chi connectivity index (χ2v) is 5.32. The van der Waals surface area contributed by atoms with Gasteiger partial charge in [-0.05, 0) is 36.8 Å². The zero-order valence-electron chi connectivity index (χ0n) is 13.3. The first kappa shape index (κ1) is 16.0. The van der Waals surface area contributed by atoms with Crippen molar-refractivity contribution in [1.29, 1.82) is 0 Å². The van der Waals surface area contributed by atoms with E-state index < -0.39 is 0 Å². The van der Waals surface area contributed by atoms with Crippen LogP contribution in [0.3, 0.4) is 0 Å². The summed E-state index contributed by atoms with van der Waals surface area (Å²) in [5.74, 6) is 1.92. The Balaban J connectivity index is 0.000000861. The zero-order chi connectivity index (χ0) is 14.3. The Labute approximate surface area is 119 Å². The third-order valence-electron chi connectivity index (χ3n) is 4.14. The first-order valence-electron chi connectivity index (χ1n) is 7.90. The van der Waals surface area contributed by atoms with Gasteiger partial charge in [-0.3, -0.25) is 0 Å². The Bertz CT molecular complexity index is 345. The van der Waals surface area contributed by atoms with Crippen LogP contribution in [0.4, 0.5) is 5.82 Å². The molecule has 1 aromatic rings. The van der Waals surface area contributed by atoms with Crippen molar-refractivity contribution in [2.45, 2.75) is 65.8 Å². The molecule has 0 radical (unpaired) electrons. The molecule has 0 amide bonds. The summed E-state index contributed by atoms with van der Waals surface area (Å²) in [5, 5.41) is 0. The maximum atomic E-state index is 4.59. The van der Waals surface area contributed by atoms with E-state index in [9.17, 15) is 0 Å². The molecule has 0 spiro atoms. The van der Waals surface area contributed by atoms with Gasteiger partial charge in [0.2, 0.25) is 0 Å². The zero-order valence-corrected chi connectivity index (χ0v) is 13.3. The molecule has 1 aliphatic carbocycles. The van der Waals surface area contributed by atoms with Crippen LogP contribution in [0.1, 0.15) is 58.9 Å². The molecule has 2 unspecified atom stereocenters. The van der Waals surface area contributed by atoms with Crippen molar-refractivity contribution < 1.29 is 0 Å². The van der Waals surface area contributed by atoms with Gasteiger partial charge >= 0.3 is 0 Å². The van der Waals surface area contributed by atoms with Gasteiger partial charge in [0.05, 0.1) is 0 Å². The predicted molar refractivity (Wildman–Crippen MR) is 84.8 cm³/mol. The highest BCUT2D eigenvalue weighted by molar-refractivity contribution is 5.39. The number of rotatable bonds is 3. The van der Waals surface area contributed by atoms with Crippen molar-refractivity contribution in [1.82, 2.24) is 4.98 Å². The van der Waals surface area contributed by atoms with Crippen LogP contribution in [0.15, 0.2) is 18.3 Å². The summed E-state index contributed by atoms with van der Waals surface area (Å²) in [4.78, 5) is 6.96. The average molecular weight is 262 g/mol. The number of aromatic nitrogens is 1. The minimum atomic E-state index is 0.670. The SMILES string of the molecule is CC.CCc1ccc(N(C)C2CCCCC2C)nc1. The lowest BCUT2D eigenvalue weighted by Gasteiger charge is -2.37. The van der Waals surface area contributed by atoms with Crippen molar-refractivity contribution in [3.05, 3.63) is 23.9 Å². The van der Waals surface area contributed by atoms with Gasteiger partial charge in [-0.25, -0.2) is 4.98 Å². The highest BCUT2D eigenvalue weighted by Gasteiger charge is 2.25. The summed E-state index contributed by atoms with van der Waals surface area (Å²) in [5.41, 5.74) is 1.32. The van der Waals surface area contributed by atoms with Crippen molar-refractivity contribution in [2.24, 2.45) is 5.92 Å². The Morgan fingerprint density at radius 2 is 1.89 bits per heavy atom. The minimum Gasteiger partial charge on any atom is -0.356 e. The molecule has 1 aliphatic rings. The highest BCUT2D eigenvalue weighted by atomic mass is 15.2. The van der Waals surface area contributed by atoms with Crippen molar-refractivity contribution >= 4 is 5.82 Å². The fourth-order valence-corrected chi connectivity index (χ4v) is 2.88. The number of anilines is 1. The molecule has 2 atom stereocenters. The second-order valence-electron chi connectivity index (χ2n) is 5.32. The fourth-order valence-electron chi connectivity index (χ4n) is 2.88. The Morgan fingerprint density at radius 1 is 1.21 bits per heavy atom. The molecule has 1 aromatic heterocycles. The monoisotopic (exact) mass is 262 g/mol. The van der Waals surface area contributed by atoms with Crippen LogP contribution in [0, 0.1) is 5.92 Å². The van der Waals surface area contributed by atoms with E-state index >= 15 is 0 Å². The van der Waals surface area contributed by atoms with Gasteiger partial charge in [0.1, 0.15) is 5.82 Å². The number of hydrogen-bond donors (Lipinski definition) is 0. The van der Waals surface area contributed by atoms with Gasteiger partial charge in [-0.1, -0.05) is 46.6 Å². The third-order valence-corrected chi connectivity index (χ3v) is 4.14. The summed E-state index contributed by atoms with van der Waals surface area (Å²) < 4.78 is 0. The lowest BCUT2D eigenvalue weighted by molar-refractivity contribution is 0.320. The van der Waals surface area contributed by atoms with E-state index in [1.54, 1.807) is 0 Å². The Kier molecular flexibility index (Phi) is 6.90. The van der Waals surface area contributed by atoms with E-state index in [1.165, 1.54) is 31.2 Å². The molecule has 0 saturated heterocycles. The van der Waals surface area contributed by atoms with Gasteiger partial charge in [-0.2, -0.15) is 0 Å². The van der Waals surface area contributed by atoms with Crippen LogP contribution in [0.2, 0.25) is 0 Å². The van der Waals surface area contributed by atoms with E-state index in [4.69, 9.17) is 0 Å². The predicted octanol–water partition coefficient (Wildman–Crippen LogP) is 4.69. The average Bonchev–Trinajstić information content (AvgIpc) is 2.49. The smallest absolute Gasteiger partial charge is 0.128 e. The summed E-state index contributed by atoms with van der Waals surface area (Å²) >= 11 is 0. The van der Waals surface area contributed by atoms with Gasteiger partial charge in [0.25, 0.3) is 0 Å². The molecule has 0 aromatic carbocycles. The topological polar surface area (TPSA) is 16.1 Å². The Hall–Kier alpha value is -1.05. The summed E-state index contributed by atoms with van der Waals surface area (Å²) in [6.07, 6.45) is 8.52. The van der Waals surface area contributed by atoms with E-state index in [2.05, 4.69) is 42.9 Å². The Morgan fingerprint density at radius 3 is 2.42 bits per heavy atom. The standard InChI is InChI=1S/C15H24N2.C2H6/c1-4-13-9-10-15(16-11-13)17(3)14-8-6-5-7-12(14)2;1-2/h9-12,14H,4-8H2,1-3H3;1-2H3. The molecule has 108 valence electrons. The maximum absolute atomic E-state index is 4.59. The number of nitrogens with zero attached hydrogens (tertiary/aromatic N) is 2. The lowest BCUT2D eigenvalue weighted by Crippen LogP contribution is -2.39. The molecule has 0 bridgehead atoms. The molecular weight excluding hydrogens is 232 g/mol. The third kappa shape index (κ3) is 4.22. The first-order valence-corrected chi connectivity index (χ1v) is 7.90. The molecule has 2 rings (SSSR count). The van der Waals surface area contributed by atoms with Crippen LogP contribution in [-0.4, -0.2) is 18.1 Å². The quantitative estimate of drug-likeness (QED) is 0.786. The number of hydrogen-bond acceptors (Lipinski definition) is 2. The molecule has 0 N–H and O–H groups in total. The largest absolute Gasteiger partial charge is 0.356 e. The minimum absolute atomic E-state index is 0.670. The molecule has 1 heterocycles. The van der Waals surface area contributed by atoms with Crippen LogP contribution in [0.25, 0.3) is 0 Å². The molecule has 0 aliphatic heterocycles. The van der Waals surface area contributed by atoms with Gasteiger partial charge in [0, 0.05) is 19.3 Å². The highest BCUT2D eigenvalue weighted by Crippen LogP contribution is 2.29. The maximum Gasteiger partial charge on any atom is 0.128 e. The van der Waals surface area contributed by atoms with Crippen LogP contribution in [0.5, 0.6) is 0 Å². The summed E-state index contributed by atoms with van der Waals surface area (Å²) in [6, 6.07) is 5.04. The van der Waals surface area contributed by atoms with Crippen molar-refractivity contribution in [3.63, 3.8) is 0 Å². The van der Waals surface area contributed by atoms with Crippen LogP contribution < -0.4 is 4.90 Å². The van der Waals surface area contributed by atoms with E-state index in [-0.39, 0.29) is 0 Å². The molecule has 2 heteroatoms. The molecule has 1 saturated carbocycles. The van der Waals surface area contributed by atoms with E-state index in [0.717, 1.165) is 18.2 Å². The second kappa shape index (κ2) is 8.19. The van der Waals surface area contributed by atoms with E-state index in [0.29, 0.717) is 6.04 Å². The van der Waals surface area contributed by atoms with Crippen LogP contribution in [-0.2, 0) is 6.42 Å². The van der Waals surface area contributed by atoms with Crippen LogP contribution >= 0.6 is 0 Å². The van der Waals surface area contributed by atoms with Gasteiger partial charge in [0.15, 0.2) is 0 Å². The molecule has 1 fully saturated rings. The van der Waals surface area contributed by atoms with Crippen molar-refractivity contribution in [2.75, 3.05) is 11.9 Å². The summed E-state index contributed by atoms with van der Waals surface area (Å²) in [6.45, 7) is 8.55. The summed E-state index contributed by atoms with van der Waals surface area (Å²) in [7, 11) is 2.19. The lowest BCUT2D eigenvalue weighted by atomic mass is 9.85. The van der Waals surface area contributed by atoms with Gasteiger partial charge in [-0.15, -0.1) is 0 Å².